The number of fused-ring (bicyclic) bond motifs is 1. The molecule has 0 aliphatic carbocycles. The van der Waals surface area contributed by atoms with Crippen LogP contribution in [0.3, 0.4) is 0 Å². The van der Waals surface area contributed by atoms with E-state index in [9.17, 15) is 9.59 Å². The van der Waals surface area contributed by atoms with E-state index in [2.05, 4.69) is 5.32 Å². The van der Waals surface area contributed by atoms with Gasteiger partial charge in [-0.15, -0.1) is 0 Å². The molecule has 6 heteroatoms. The average molecular weight is 352 g/mol. The lowest BCUT2D eigenvalue weighted by atomic mass is 10.2. The summed E-state index contributed by atoms with van der Waals surface area (Å²) in [7, 11) is 3.13. The number of carbonyl (C=O) groups is 2. The maximum atomic E-state index is 12.5. The molecule has 0 atom stereocenters. The molecular formula is C20H20N2O4. The first kappa shape index (κ1) is 17.5. The minimum absolute atomic E-state index is 0.0771. The fourth-order valence-corrected chi connectivity index (χ4v) is 2.92. The molecule has 1 amide bonds. The SMILES string of the molecule is COc1ccc2c(c1)c(C=O)cn2CC(=O)Nc1cc(C)ccc1OC. The zero-order valence-electron chi connectivity index (χ0n) is 14.9. The number of anilines is 1. The molecule has 3 aromatic rings. The van der Waals surface area contributed by atoms with Crippen LogP contribution >= 0.6 is 0 Å². The van der Waals surface area contributed by atoms with E-state index >= 15 is 0 Å². The van der Waals surface area contributed by atoms with Crippen LogP contribution in [-0.4, -0.2) is 31.0 Å². The monoisotopic (exact) mass is 352 g/mol. The van der Waals surface area contributed by atoms with Crippen LogP contribution in [0.2, 0.25) is 0 Å². The number of hydrogen-bond acceptors (Lipinski definition) is 4. The van der Waals surface area contributed by atoms with Crippen molar-refractivity contribution in [3.8, 4) is 11.5 Å². The van der Waals surface area contributed by atoms with Crippen molar-refractivity contribution < 1.29 is 19.1 Å². The molecule has 0 fully saturated rings. The molecule has 0 spiro atoms. The number of aryl methyl sites for hydroxylation is 1. The lowest BCUT2D eigenvalue weighted by Crippen LogP contribution is -2.18. The summed E-state index contributed by atoms with van der Waals surface area (Å²) in [4.78, 5) is 23.9. The van der Waals surface area contributed by atoms with Gasteiger partial charge < -0.3 is 19.4 Å². The molecule has 2 aromatic carbocycles. The van der Waals surface area contributed by atoms with Crippen LogP contribution < -0.4 is 14.8 Å². The van der Waals surface area contributed by atoms with E-state index in [-0.39, 0.29) is 12.5 Å². The third-order valence-electron chi connectivity index (χ3n) is 4.19. The van der Waals surface area contributed by atoms with Gasteiger partial charge in [-0.25, -0.2) is 0 Å². The number of methoxy groups -OCH3 is 2. The zero-order valence-corrected chi connectivity index (χ0v) is 14.9. The van der Waals surface area contributed by atoms with E-state index in [4.69, 9.17) is 9.47 Å². The molecule has 6 nitrogen and oxygen atoms in total. The van der Waals surface area contributed by atoms with Gasteiger partial charge in [0, 0.05) is 22.7 Å². The Morgan fingerprint density at radius 3 is 2.65 bits per heavy atom. The highest BCUT2D eigenvalue weighted by Crippen LogP contribution is 2.27. The predicted octanol–water partition coefficient (Wildman–Crippen LogP) is 3.42. The summed E-state index contributed by atoms with van der Waals surface area (Å²) in [6.45, 7) is 2.02. The van der Waals surface area contributed by atoms with Gasteiger partial charge in [-0.05, 0) is 42.8 Å². The average Bonchev–Trinajstić information content (AvgIpc) is 2.98. The second kappa shape index (κ2) is 7.31. The van der Waals surface area contributed by atoms with Gasteiger partial charge in [-0.3, -0.25) is 9.59 Å². The molecular weight excluding hydrogens is 332 g/mol. The lowest BCUT2D eigenvalue weighted by Gasteiger charge is -2.12. The summed E-state index contributed by atoms with van der Waals surface area (Å²) < 4.78 is 12.2. The quantitative estimate of drug-likeness (QED) is 0.690. The highest BCUT2D eigenvalue weighted by molar-refractivity contribution is 6.00. The number of amides is 1. The van der Waals surface area contributed by atoms with Crippen LogP contribution in [0.25, 0.3) is 10.9 Å². The minimum atomic E-state index is -0.209. The smallest absolute Gasteiger partial charge is 0.244 e. The van der Waals surface area contributed by atoms with Crippen molar-refractivity contribution in [2.45, 2.75) is 13.5 Å². The van der Waals surface area contributed by atoms with Crippen molar-refractivity contribution in [3.63, 3.8) is 0 Å². The number of rotatable bonds is 6. The number of nitrogens with zero attached hydrogens (tertiary/aromatic N) is 1. The van der Waals surface area contributed by atoms with E-state index < -0.39 is 0 Å². The number of aromatic nitrogens is 1. The zero-order chi connectivity index (χ0) is 18.7. The maximum absolute atomic E-state index is 12.5. The number of aldehydes is 1. The third-order valence-corrected chi connectivity index (χ3v) is 4.19. The lowest BCUT2D eigenvalue weighted by molar-refractivity contribution is -0.116. The Balaban J connectivity index is 1.88. The summed E-state index contributed by atoms with van der Waals surface area (Å²) in [5, 5.41) is 3.62. The molecule has 0 aliphatic rings. The molecule has 0 unspecified atom stereocenters. The van der Waals surface area contributed by atoms with E-state index in [1.54, 1.807) is 37.1 Å². The third kappa shape index (κ3) is 3.39. The number of carbonyl (C=O) groups excluding carboxylic acids is 2. The van der Waals surface area contributed by atoms with Crippen LogP contribution in [0.1, 0.15) is 15.9 Å². The molecule has 0 radical (unpaired) electrons. The van der Waals surface area contributed by atoms with E-state index in [0.29, 0.717) is 22.7 Å². The molecule has 0 aliphatic heterocycles. The Morgan fingerprint density at radius 2 is 1.96 bits per heavy atom. The van der Waals surface area contributed by atoms with E-state index in [0.717, 1.165) is 22.8 Å². The largest absolute Gasteiger partial charge is 0.497 e. The van der Waals surface area contributed by atoms with E-state index in [1.807, 2.05) is 31.2 Å². The highest BCUT2D eigenvalue weighted by atomic mass is 16.5. The first-order chi connectivity index (χ1) is 12.5. The molecule has 0 saturated carbocycles. The van der Waals surface area contributed by atoms with Gasteiger partial charge in [0.05, 0.1) is 19.9 Å². The molecule has 1 heterocycles. The first-order valence-corrected chi connectivity index (χ1v) is 8.12. The fraction of sp³-hybridized carbons (Fsp3) is 0.200. The van der Waals surface area contributed by atoms with Gasteiger partial charge in [0.15, 0.2) is 6.29 Å². The van der Waals surface area contributed by atoms with Gasteiger partial charge in [0.25, 0.3) is 0 Å². The molecule has 0 saturated heterocycles. The van der Waals surface area contributed by atoms with Crippen molar-refractivity contribution >= 4 is 28.8 Å². The molecule has 1 aromatic heterocycles. The number of benzene rings is 2. The van der Waals surface area contributed by atoms with Gasteiger partial charge in [0.1, 0.15) is 18.0 Å². The normalized spacial score (nSPS) is 10.6. The van der Waals surface area contributed by atoms with Crippen molar-refractivity contribution in [3.05, 3.63) is 53.7 Å². The van der Waals surface area contributed by atoms with Crippen LogP contribution in [0.15, 0.2) is 42.6 Å². The molecule has 1 N–H and O–H groups in total. The van der Waals surface area contributed by atoms with Crippen LogP contribution in [-0.2, 0) is 11.3 Å². The van der Waals surface area contributed by atoms with Gasteiger partial charge in [-0.1, -0.05) is 6.07 Å². The number of ether oxygens (including phenoxy) is 2. The standard InChI is InChI=1S/C20H20N2O4/c1-13-4-7-19(26-3)17(8-13)21-20(24)11-22-10-14(12-23)16-9-15(25-2)5-6-18(16)22/h4-10,12H,11H2,1-3H3,(H,21,24). The summed E-state index contributed by atoms with van der Waals surface area (Å²) in [6, 6.07) is 11.0. The summed E-state index contributed by atoms with van der Waals surface area (Å²) in [5.74, 6) is 1.05. The maximum Gasteiger partial charge on any atom is 0.244 e. The second-order valence-electron chi connectivity index (χ2n) is 5.97. The highest BCUT2D eigenvalue weighted by Gasteiger charge is 2.13. The van der Waals surface area contributed by atoms with Crippen molar-refractivity contribution in [1.82, 2.24) is 4.57 Å². The topological polar surface area (TPSA) is 69.6 Å². The first-order valence-electron chi connectivity index (χ1n) is 8.12. The number of hydrogen-bond donors (Lipinski definition) is 1. The Bertz CT molecular complexity index is 975. The van der Waals surface area contributed by atoms with Gasteiger partial charge in [0.2, 0.25) is 5.91 Å². The van der Waals surface area contributed by atoms with E-state index in [1.165, 1.54) is 0 Å². The molecule has 26 heavy (non-hydrogen) atoms. The fourth-order valence-electron chi connectivity index (χ4n) is 2.92. The van der Waals surface area contributed by atoms with Gasteiger partial charge >= 0.3 is 0 Å². The second-order valence-corrected chi connectivity index (χ2v) is 5.97. The summed E-state index contributed by atoms with van der Waals surface area (Å²) in [6.07, 6.45) is 2.45. The van der Waals surface area contributed by atoms with Crippen molar-refractivity contribution in [2.24, 2.45) is 0 Å². The Hall–Kier alpha value is -3.28. The Morgan fingerprint density at radius 1 is 1.15 bits per heavy atom. The molecule has 0 bridgehead atoms. The number of nitrogens with one attached hydrogen (secondary N) is 1. The minimum Gasteiger partial charge on any atom is -0.497 e. The summed E-state index contributed by atoms with van der Waals surface area (Å²) >= 11 is 0. The van der Waals surface area contributed by atoms with Gasteiger partial charge in [-0.2, -0.15) is 0 Å². The van der Waals surface area contributed by atoms with Crippen LogP contribution in [0.4, 0.5) is 5.69 Å². The molecule has 134 valence electrons. The predicted molar refractivity (Wildman–Crippen MR) is 100 cm³/mol. The van der Waals surface area contributed by atoms with Crippen LogP contribution in [0, 0.1) is 6.92 Å². The Labute approximate surface area is 151 Å². The Kier molecular flexibility index (Phi) is 4.93. The van der Waals surface area contributed by atoms with Crippen LogP contribution in [0.5, 0.6) is 11.5 Å². The molecule has 3 rings (SSSR count). The summed E-state index contributed by atoms with van der Waals surface area (Å²) in [5.41, 5.74) is 2.94. The van der Waals surface area contributed by atoms with Crippen molar-refractivity contribution in [1.29, 1.82) is 0 Å². The van der Waals surface area contributed by atoms with Crippen molar-refractivity contribution in [2.75, 3.05) is 19.5 Å².